The highest BCUT2D eigenvalue weighted by Crippen LogP contribution is 2.32. The van der Waals surface area contributed by atoms with E-state index in [2.05, 4.69) is 0 Å². The molecule has 1 aliphatic heterocycles. The van der Waals surface area contributed by atoms with E-state index in [0.29, 0.717) is 12.8 Å². The van der Waals surface area contributed by atoms with E-state index in [1.165, 1.54) is 0 Å². The van der Waals surface area contributed by atoms with Crippen molar-refractivity contribution in [3.05, 3.63) is 0 Å². The first kappa shape index (κ1) is 12.1. The van der Waals surface area contributed by atoms with E-state index in [0.717, 1.165) is 4.90 Å². The lowest BCUT2D eigenvalue weighted by molar-refractivity contribution is -0.182. The maximum Gasteiger partial charge on any atom is 0.408 e. The summed E-state index contributed by atoms with van der Waals surface area (Å²) in [5.74, 6) is 0. The Labute approximate surface area is 109 Å². The van der Waals surface area contributed by atoms with Crippen LogP contribution in [0.4, 0.5) is 13.2 Å². The average molecular weight is 268 g/mol. The number of amidine groups is 1. The molecular formula is C12H21F3N2O. The van der Waals surface area contributed by atoms with Gasteiger partial charge in [0, 0.05) is 6.54 Å². The zero-order valence-corrected chi connectivity index (χ0v) is 10.9. The molecule has 1 fully saturated rings. The Morgan fingerprint density at radius 3 is 2.50 bits per heavy atom. The molecule has 0 aromatic rings. The standard InChI is InChI=1S/C12H21F3N2O/c1-11(2,3)8-18-10(16)17-7-5-4-6-9(17)12(13,14)15/h9,16H,4-8H2,1-3H3/i8D2. The van der Waals surface area contributed by atoms with Crippen LogP contribution in [0.3, 0.4) is 0 Å². The van der Waals surface area contributed by atoms with Gasteiger partial charge in [0.2, 0.25) is 0 Å². The second-order valence-corrected chi connectivity index (χ2v) is 5.51. The topological polar surface area (TPSA) is 36.3 Å². The molecular weight excluding hydrogens is 245 g/mol. The molecule has 1 aliphatic rings. The number of rotatable bonds is 1. The Bertz CT molecular complexity index is 367. The minimum Gasteiger partial charge on any atom is -0.465 e. The summed E-state index contributed by atoms with van der Waals surface area (Å²) in [4.78, 5) is 0.813. The zero-order chi connectivity index (χ0) is 15.8. The molecule has 0 saturated carbocycles. The molecule has 1 unspecified atom stereocenters. The van der Waals surface area contributed by atoms with Crippen LogP contribution in [0, 0.1) is 10.8 Å². The van der Waals surface area contributed by atoms with Gasteiger partial charge in [0.1, 0.15) is 6.04 Å². The van der Waals surface area contributed by atoms with Gasteiger partial charge in [0.25, 0.3) is 6.02 Å². The van der Waals surface area contributed by atoms with Crippen molar-refractivity contribution in [2.24, 2.45) is 5.41 Å². The van der Waals surface area contributed by atoms with Crippen LogP contribution in [0.1, 0.15) is 42.8 Å². The second-order valence-electron chi connectivity index (χ2n) is 5.51. The van der Waals surface area contributed by atoms with Crippen molar-refractivity contribution in [3.63, 3.8) is 0 Å². The van der Waals surface area contributed by atoms with E-state index in [-0.39, 0.29) is 13.0 Å². The van der Waals surface area contributed by atoms with Gasteiger partial charge in [-0.25, -0.2) is 0 Å². The number of nitrogens with one attached hydrogen (secondary N) is 1. The first-order valence-corrected chi connectivity index (χ1v) is 5.97. The van der Waals surface area contributed by atoms with Gasteiger partial charge in [0.15, 0.2) is 0 Å². The molecule has 1 N–H and O–H groups in total. The van der Waals surface area contributed by atoms with Gasteiger partial charge in [0.05, 0.1) is 9.30 Å². The van der Waals surface area contributed by atoms with Crippen LogP contribution in [0.15, 0.2) is 0 Å². The number of hydrogen-bond acceptors (Lipinski definition) is 2. The number of hydrogen-bond donors (Lipinski definition) is 1. The molecule has 18 heavy (non-hydrogen) atoms. The molecule has 0 aromatic heterocycles. The Morgan fingerprint density at radius 2 is 2.00 bits per heavy atom. The largest absolute Gasteiger partial charge is 0.465 e. The molecule has 1 heterocycles. The molecule has 1 saturated heterocycles. The quantitative estimate of drug-likeness (QED) is 0.584. The number of halogens is 3. The molecule has 0 aromatic carbocycles. The molecule has 0 bridgehead atoms. The molecule has 0 amide bonds. The van der Waals surface area contributed by atoms with E-state index in [1.807, 2.05) is 0 Å². The maximum absolute atomic E-state index is 12.9. The molecule has 1 rings (SSSR count). The minimum absolute atomic E-state index is 0.0588. The highest BCUT2D eigenvalue weighted by molar-refractivity contribution is 5.71. The predicted molar refractivity (Wildman–Crippen MR) is 63.5 cm³/mol. The normalized spacial score (nSPS) is 24.3. The average Bonchev–Trinajstić information content (AvgIpc) is 2.25. The monoisotopic (exact) mass is 268 g/mol. The summed E-state index contributed by atoms with van der Waals surface area (Å²) in [6.45, 7) is 2.55. The van der Waals surface area contributed by atoms with Crippen molar-refractivity contribution in [2.45, 2.75) is 52.3 Å². The van der Waals surface area contributed by atoms with Crippen molar-refractivity contribution < 1.29 is 20.6 Å². The van der Waals surface area contributed by atoms with E-state index in [4.69, 9.17) is 12.9 Å². The smallest absolute Gasteiger partial charge is 0.408 e. The second kappa shape index (κ2) is 5.36. The molecule has 106 valence electrons. The first-order valence-electron chi connectivity index (χ1n) is 6.97. The molecule has 0 spiro atoms. The van der Waals surface area contributed by atoms with Gasteiger partial charge >= 0.3 is 6.18 Å². The lowest BCUT2D eigenvalue weighted by atomic mass is 9.99. The van der Waals surface area contributed by atoms with E-state index < -0.39 is 30.2 Å². The van der Waals surface area contributed by atoms with Gasteiger partial charge in [-0.3, -0.25) is 5.41 Å². The van der Waals surface area contributed by atoms with Gasteiger partial charge in [-0.2, -0.15) is 13.2 Å². The summed E-state index contributed by atoms with van der Waals surface area (Å²) in [5, 5.41) is 7.69. The van der Waals surface area contributed by atoms with Gasteiger partial charge in [-0.1, -0.05) is 20.8 Å². The van der Waals surface area contributed by atoms with Crippen LogP contribution in [-0.4, -0.2) is 36.2 Å². The Hall–Kier alpha value is -0.940. The predicted octanol–water partition coefficient (Wildman–Crippen LogP) is 3.40. The Balaban J connectivity index is 2.84. The summed E-state index contributed by atoms with van der Waals surface area (Å²) in [7, 11) is 0. The fraction of sp³-hybridized carbons (Fsp3) is 0.917. The van der Waals surface area contributed by atoms with Gasteiger partial charge in [-0.05, 0) is 24.7 Å². The Morgan fingerprint density at radius 1 is 1.39 bits per heavy atom. The molecule has 0 aliphatic carbocycles. The first-order chi connectivity index (χ1) is 8.86. The van der Waals surface area contributed by atoms with Crippen LogP contribution in [-0.2, 0) is 4.74 Å². The summed E-state index contributed by atoms with van der Waals surface area (Å²) >= 11 is 0. The molecule has 6 heteroatoms. The van der Waals surface area contributed by atoms with Crippen molar-refractivity contribution in [3.8, 4) is 0 Å². The van der Waals surface area contributed by atoms with Crippen LogP contribution >= 0.6 is 0 Å². The lowest BCUT2D eigenvalue weighted by Gasteiger charge is -2.38. The number of ether oxygens (including phenoxy) is 1. The van der Waals surface area contributed by atoms with Gasteiger partial charge in [-0.15, -0.1) is 0 Å². The van der Waals surface area contributed by atoms with Crippen molar-refractivity contribution >= 4 is 6.02 Å². The summed E-state index contributed by atoms with van der Waals surface area (Å²) < 4.78 is 59.2. The molecule has 3 nitrogen and oxygen atoms in total. The lowest BCUT2D eigenvalue weighted by Crippen LogP contribution is -2.52. The number of likely N-dealkylation sites (tertiary alicyclic amines) is 1. The fourth-order valence-electron chi connectivity index (χ4n) is 1.78. The summed E-state index contributed by atoms with van der Waals surface area (Å²) in [6.07, 6.45) is -3.55. The number of piperidine rings is 1. The number of nitrogens with zero attached hydrogens (tertiary/aromatic N) is 1. The third-order valence-corrected chi connectivity index (χ3v) is 2.60. The fourth-order valence-corrected chi connectivity index (χ4v) is 1.78. The summed E-state index contributed by atoms with van der Waals surface area (Å²) in [6, 6.07) is -2.51. The Kier molecular flexibility index (Phi) is 3.61. The summed E-state index contributed by atoms with van der Waals surface area (Å²) in [5.41, 5.74) is -0.942. The van der Waals surface area contributed by atoms with Crippen LogP contribution in [0.2, 0.25) is 0 Å². The molecule has 1 atom stereocenters. The third kappa shape index (κ3) is 4.38. The SMILES string of the molecule is [2H]C([2H])(OC(=N)N1CCCCC1C(F)(F)F)C(C)(C)C. The molecule has 0 radical (unpaired) electrons. The van der Waals surface area contributed by atoms with E-state index in [1.54, 1.807) is 20.8 Å². The number of alkyl halides is 3. The zero-order valence-electron chi connectivity index (χ0n) is 12.9. The highest BCUT2D eigenvalue weighted by atomic mass is 19.4. The van der Waals surface area contributed by atoms with Crippen LogP contribution in [0.5, 0.6) is 0 Å². The van der Waals surface area contributed by atoms with Gasteiger partial charge < -0.3 is 9.64 Å². The van der Waals surface area contributed by atoms with E-state index >= 15 is 0 Å². The van der Waals surface area contributed by atoms with Crippen molar-refractivity contribution in [1.82, 2.24) is 4.90 Å². The van der Waals surface area contributed by atoms with Crippen LogP contribution in [0.25, 0.3) is 0 Å². The van der Waals surface area contributed by atoms with Crippen LogP contribution < -0.4 is 0 Å². The van der Waals surface area contributed by atoms with Crippen molar-refractivity contribution in [2.75, 3.05) is 13.1 Å². The maximum atomic E-state index is 12.9. The van der Waals surface area contributed by atoms with E-state index in [9.17, 15) is 13.2 Å². The third-order valence-electron chi connectivity index (χ3n) is 2.60. The minimum atomic E-state index is -4.44. The van der Waals surface area contributed by atoms with Crippen molar-refractivity contribution in [1.29, 1.82) is 5.41 Å². The highest BCUT2D eigenvalue weighted by Gasteiger charge is 2.46.